The van der Waals surface area contributed by atoms with Gasteiger partial charge in [0.1, 0.15) is 12.1 Å². The monoisotopic (exact) mass is 504 g/mol. The number of hydrogen-bond donors (Lipinski definition) is 9. The van der Waals surface area contributed by atoms with Gasteiger partial charge in [-0.2, -0.15) is 0 Å². The third-order valence-corrected chi connectivity index (χ3v) is 5.21. The molecule has 0 aromatic carbocycles. The molecule has 0 bridgehead atoms. The van der Waals surface area contributed by atoms with E-state index in [2.05, 4.69) is 16.0 Å². The van der Waals surface area contributed by atoms with Crippen molar-refractivity contribution in [1.82, 2.24) is 16.0 Å². The minimum atomic E-state index is -1.58. The highest BCUT2D eigenvalue weighted by Crippen LogP contribution is 2.07. The Hall–Kier alpha value is -2.81. The van der Waals surface area contributed by atoms with Gasteiger partial charge in [0.25, 0.3) is 0 Å². The molecule has 0 aliphatic carbocycles. The van der Waals surface area contributed by atoms with Crippen LogP contribution in [0.1, 0.15) is 58.3 Å². The first-order chi connectivity index (χ1) is 16.4. The van der Waals surface area contributed by atoms with E-state index in [1.807, 2.05) is 0 Å². The lowest BCUT2D eigenvalue weighted by Crippen LogP contribution is -2.58. The molecule has 0 aliphatic heterocycles. The predicted octanol–water partition coefficient (Wildman–Crippen LogP) is -2.64. The zero-order chi connectivity index (χ0) is 27.0. The van der Waals surface area contributed by atoms with E-state index in [9.17, 15) is 34.2 Å². The number of nitrogens with two attached hydrogens (primary N) is 3. The minimum Gasteiger partial charge on any atom is -0.481 e. The van der Waals surface area contributed by atoms with Crippen molar-refractivity contribution in [3.05, 3.63) is 0 Å². The number of carbonyl (C=O) groups excluding carboxylic acids is 3. The van der Waals surface area contributed by atoms with Crippen LogP contribution in [-0.2, 0) is 24.0 Å². The first kappa shape index (κ1) is 32.2. The smallest absolute Gasteiger partial charge is 0.328 e. The number of nitrogens with one attached hydrogen (secondary N) is 3. The van der Waals surface area contributed by atoms with Gasteiger partial charge in [-0.1, -0.05) is 0 Å². The average Bonchev–Trinajstić information content (AvgIpc) is 2.78. The Morgan fingerprint density at radius 3 is 1.60 bits per heavy atom. The summed E-state index contributed by atoms with van der Waals surface area (Å²) in [6, 6.07) is -4.96. The molecule has 5 atom stereocenters. The van der Waals surface area contributed by atoms with Gasteiger partial charge in [0.05, 0.1) is 12.1 Å². The molecule has 0 aliphatic rings. The second-order valence-electron chi connectivity index (χ2n) is 8.30. The van der Waals surface area contributed by atoms with Crippen LogP contribution in [0.4, 0.5) is 0 Å². The Bertz CT molecular complexity index is 705. The summed E-state index contributed by atoms with van der Waals surface area (Å²) in [7, 11) is 0. The van der Waals surface area contributed by atoms with Crippen molar-refractivity contribution >= 4 is 29.7 Å². The molecule has 0 aromatic heterocycles. The Kier molecular flexibility index (Phi) is 16.2. The number of carboxylic acids is 2. The third kappa shape index (κ3) is 13.6. The van der Waals surface area contributed by atoms with Crippen molar-refractivity contribution in [2.45, 2.75) is 88.6 Å². The van der Waals surface area contributed by atoms with E-state index in [1.165, 1.54) is 6.92 Å². The van der Waals surface area contributed by atoms with E-state index in [0.717, 1.165) is 0 Å². The molecule has 3 amide bonds. The Balaban J connectivity index is 5.49. The average molecular weight is 505 g/mol. The standard InChI is InChI=1S/C21H40N6O8/c1-12(28)17(21(34)35)27-20(33)15(7-3-5-11-23)26-19(32)14(6-2-4-10-22)25-18(31)13(24)8-9-16(29)30/h12-15,17,28H,2-11,22-24H2,1H3,(H,25,31)(H,26,32)(H,27,33)(H,29,30)(H,34,35). The van der Waals surface area contributed by atoms with Crippen molar-refractivity contribution in [2.24, 2.45) is 17.2 Å². The number of carboxylic acid groups (broad SMARTS) is 2. The Morgan fingerprint density at radius 2 is 1.20 bits per heavy atom. The van der Waals surface area contributed by atoms with Crippen LogP contribution in [0.5, 0.6) is 0 Å². The van der Waals surface area contributed by atoms with Crippen molar-refractivity contribution < 1.29 is 39.3 Å². The van der Waals surface area contributed by atoms with Gasteiger partial charge in [0.15, 0.2) is 6.04 Å². The molecule has 0 radical (unpaired) electrons. The van der Waals surface area contributed by atoms with Crippen LogP contribution in [0, 0.1) is 0 Å². The van der Waals surface area contributed by atoms with Gasteiger partial charge >= 0.3 is 11.9 Å². The molecule has 0 aromatic rings. The van der Waals surface area contributed by atoms with Gasteiger partial charge in [-0.25, -0.2) is 4.79 Å². The molecular weight excluding hydrogens is 464 g/mol. The lowest BCUT2D eigenvalue weighted by Gasteiger charge is -2.26. The number of amides is 3. The maximum absolute atomic E-state index is 13.0. The number of carbonyl (C=O) groups is 5. The van der Waals surface area contributed by atoms with Crippen molar-refractivity contribution in [2.75, 3.05) is 13.1 Å². The largest absolute Gasteiger partial charge is 0.481 e. The molecule has 0 heterocycles. The zero-order valence-corrected chi connectivity index (χ0v) is 20.1. The predicted molar refractivity (Wildman–Crippen MR) is 126 cm³/mol. The van der Waals surface area contributed by atoms with E-state index in [-0.39, 0.29) is 25.7 Å². The molecular formula is C21H40N6O8. The highest BCUT2D eigenvalue weighted by atomic mass is 16.4. The minimum absolute atomic E-state index is 0.127. The van der Waals surface area contributed by atoms with Crippen molar-refractivity contribution in [3.63, 3.8) is 0 Å². The summed E-state index contributed by atoms with van der Waals surface area (Å²) < 4.78 is 0. The van der Waals surface area contributed by atoms with Crippen LogP contribution in [0.3, 0.4) is 0 Å². The van der Waals surface area contributed by atoms with Crippen molar-refractivity contribution in [1.29, 1.82) is 0 Å². The van der Waals surface area contributed by atoms with E-state index >= 15 is 0 Å². The van der Waals surface area contributed by atoms with Gasteiger partial charge in [-0.05, 0) is 65.0 Å². The molecule has 0 rings (SSSR count). The van der Waals surface area contributed by atoms with Crippen LogP contribution in [-0.4, -0.2) is 88.3 Å². The number of aliphatic carboxylic acids is 2. The molecule has 12 N–H and O–H groups in total. The quantitative estimate of drug-likeness (QED) is 0.0820. The third-order valence-electron chi connectivity index (χ3n) is 5.21. The second-order valence-corrected chi connectivity index (χ2v) is 8.30. The van der Waals surface area contributed by atoms with E-state index in [1.54, 1.807) is 0 Å². The van der Waals surface area contributed by atoms with Gasteiger partial charge in [-0.3, -0.25) is 19.2 Å². The highest BCUT2D eigenvalue weighted by Gasteiger charge is 2.31. The molecule has 202 valence electrons. The lowest BCUT2D eigenvalue weighted by molar-refractivity contribution is -0.145. The molecule has 14 nitrogen and oxygen atoms in total. The summed E-state index contributed by atoms with van der Waals surface area (Å²) in [5, 5.41) is 34.9. The van der Waals surface area contributed by atoms with Crippen molar-refractivity contribution in [3.8, 4) is 0 Å². The van der Waals surface area contributed by atoms with Gasteiger partial charge in [0, 0.05) is 6.42 Å². The molecule has 5 unspecified atom stereocenters. The van der Waals surface area contributed by atoms with Crippen LogP contribution >= 0.6 is 0 Å². The normalized spacial score (nSPS) is 15.2. The van der Waals surface area contributed by atoms with Crippen LogP contribution in [0.15, 0.2) is 0 Å². The fourth-order valence-corrected chi connectivity index (χ4v) is 3.13. The molecule has 0 saturated heterocycles. The van der Waals surface area contributed by atoms with E-state index in [4.69, 9.17) is 22.3 Å². The number of hydrogen-bond acceptors (Lipinski definition) is 9. The molecule has 0 saturated carbocycles. The topological polar surface area (TPSA) is 260 Å². The summed E-state index contributed by atoms with van der Waals surface area (Å²) >= 11 is 0. The van der Waals surface area contributed by atoms with E-state index in [0.29, 0.717) is 38.8 Å². The molecule has 14 heteroatoms. The second kappa shape index (κ2) is 17.6. The van der Waals surface area contributed by atoms with Crippen LogP contribution in [0.25, 0.3) is 0 Å². The number of aliphatic hydroxyl groups is 1. The maximum Gasteiger partial charge on any atom is 0.328 e. The van der Waals surface area contributed by atoms with Gasteiger partial charge in [-0.15, -0.1) is 0 Å². The first-order valence-electron chi connectivity index (χ1n) is 11.6. The van der Waals surface area contributed by atoms with E-state index < -0.39 is 59.9 Å². The Morgan fingerprint density at radius 1 is 0.743 bits per heavy atom. The summed E-state index contributed by atoms with van der Waals surface area (Å²) in [5.41, 5.74) is 16.7. The lowest BCUT2D eigenvalue weighted by atomic mass is 10.0. The highest BCUT2D eigenvalue weighted by molar-refractivity contribution is 5.94. The molecule has 0 spiro atoms. The first-order valence-corrected chi connectivity index (χ1v) is 11.6. The molecule has 35 heavy (non-hydrogen) atoms. The SMILES string of the molecule is CC(O)C(NC(=O)C(CCCCN)NC(=O)C(CCCCN)NC(=O)C(N)CCC(=O)O)C(=O)O. The van der Waals surface area contributed by atoms with Crippen LogP contribution < -0.4 is 33.2 Å². The number of unbranched alkanes of at least 4 members (excludes halogenated alkanes) is 2. The summed E-state index contributed by atoms with van der Waals surface area (Å²) in [6.07, 6.45) is 0.540. The number of rotatable bonds is 19. The summed E-state index contributed by atoms with van der Waals surface area (Å²) in [6.45, 7) is 1.91. The number of aliphatic hydroxyl groups excluding tert-OH is 1. The molecule has 0 fully saturated rings. The Labute approximate surface area is 204 Å². The van der Waals surface area contributed by atoms with Gasteiger partial charge < -0.3 is 48.5 Å². The fourth-order valence-electron chi connectivity index (χ4n) is 3.13. The van der Waals surface area contributed by atoms with Crippen LogP contribution in [0.2, 0.25) is 0 Å². The fraction of sp³-hybridized carbons (Fsp3) is 0.762. The maximum atomic E-state index is 13.0. The summed E-state index contributed by atoms with van der Waals surface area (Å²) in [4.78, 5) is 60.2. The zero-order valence-electron chi connectivity index (χ0n) is 20.1. The van der Waals surface area contributed by atoms with Gasteiger partial charge in [0.2, 0.25) is 17.7 Å². The summed E-state index contributed by atoms with van der Waals surface area (Å²) in [5.74, 6) is -4.79.